The van der Waals surface area contributed by atoms with Crippen LogP contribution in [0.3, 0.4) is 0 Å². The summed E-state index contributed by atoms with van der Waals surface area (Å²) in [6, 6.07) is 2.77. The molecule has 1 aliphatic rings. The third-order valence-corrected chi connectivity index (χ3v) is 3.88. The number of phenols is 1. The number of rotatable bonds is 6. The van der Waals surface area contributed by atoms with E-state index < -0.39 is 12.5 Å². The molecule has 1 saturated heterocycles. The normalized spacial score (nSPS) is 17.5. The Hall–Kier alpha value is -1.60. The van der Waals surface area contributed by atoms with Gasteiger partial charge in [-0.1, -0.05) is 0 Å². The zero-order chi connectivity index (χ0) is 16.1. The maximum absolute atomic E-state index is 13.0. The Bertz CT molecular complexity index is 469. The van der Waals surface area contributed by atoms with Crippen LogP contribution >= 0.6 is 0 Å². The van der Waals surface area contributed by atoms with Crippen LogP contribution in [0.2, 0.25) is 0 Å². The minimum atomic E-state index is -2.41. The van der Waals surface area contributed by atoms with Gasteiger partial charge < -0.3 is 19.9 Å². The highest BCUT2D eigenvalue weighted by Gasteiger charge is 2.27. The number of halogens is 2. The highest BCUT2D eigenvalue weighted by atomic mass is 19.3. The van der Waals surface area contributed by atoms with Gasteiger partial charge in [-0.2, -0.15) is 0 Å². The third kappa shape index (κ3) is 3.78. The van der Waals surface area contributed by atoms with E-state index >= 15 is 0 Å². The van der Waals surface area contributed by atoms with Gasteiger partial charge in [-0.3, -0.25) is 4.90 Å². The van der Waals surface area contributed by atoms with E-state index in [9.17, 15) is 13.9 Å². The summed E-state index contributed by atoms with van der Waals surface area (Å²) >= 11 is 0. The van der Waals surface area contributed by atoms with Crippen molar-refractivity contribution in [3.8, 4) is 17.2 Å². The van der Waals surface area contributed by atoms with Crippen LogP contribution in [0.1, 0.15) is 18.0 Å². The summed E-state index contributed by atoms with van der Waals surface area (Å²) in [5, 5.41) is 13.2. The number of aromatic hydroxyl groups is 1. The van der Waals surface area contributed by atoms with Crippen molar-refractivity contribution in [3.05, 3.63) is 17.7 Å². The molecule has 7 heteroatoms. The summed E-state index contributed by atoms with van der Waals surface area (Å²) in [6.07, 6.45) is -2.68. The van der Waals surface area contributed by atoms with Crippen LogP contribution in [0.15, 0.2) is 12.1 Å². The van der Waals surface area contributed by atoms with Crippen molar-refractivity contribution in [2.75, 3.05) is 40.4 Å². The summed E-state index contributed by atoms with van der Waals surface area (Å²) in [7, 11) is 2.84. The Kier molecular flexibility index (Phi) is 5.79. The predicted molar refractivity (Wildman–Crippen MR) is 79.0 cm³/mol. The fourth-order valence-corrected chi connectivity index (χ4v) is 2.76. The van der Waals surface area contributed by atoms with Gasteiger partial charge in [-0.15, -0.1) is 0 Å². The summed E-state index contributed by atoms with van der Waals surface area (Å²) in [4.78, 5) is 2.02. The monoisotopic (exact) mass is 316 g/mol. The molecule has 2 N–H and O–H groups in total. The molecule has 1 heterocycles. The summed E-state index contributed by atoms with van der Waals surface area (Å²) in [6.45, 7) is 2.93. The fourth-order valence-electron chi connectivity index (χ4n) is 2.76. The summed E-state index contributed by atoms with van der Waals surface area (Å²) < 4.78 is 36.3. The fraction of sp³-hybridized carbons (Fsp3) is 0.600. The van der Waals surface area contributed by atoms with Crippen molar-refractivity contribution in [2.24, 2.45) is 0 Å². The quantitative estimate of drug-likeness (QED) is 0.841. The molecule has 1 fully saturated rings. The number of nitrogens with zero attached hydrogens (tertiary/aromatic N) is 1. The molecule has 1 aliphatic heterocycles. The van der Waals surface area contributed by atoms with Gasteiger partial charge >= 0.3 is 0 Å². The minimum Gasteiger partial charge on any atom is -0.502 e. The summed E-state index contributed by atoms with van der Waals surface area (Å²) in [5.41, 5.74) is 0.661. The molecule has 0 saturated carbocycles. The van der Waals surface area contributed by atoms with E-state index in [0.29, 0.717) is 18.7 Å². The van der Waals surface area contributed by atoms with Gasteiger partial charge in [0.25, 0.3) is 0 Å². The lowest BCUT2D eigenvalue weighted by atomic mass is 10.00. The second kappa shape index (κ2) is 7.60. The summed E-state index contributed by atoms with van der Waals surface area (Å²) in [5.74, 6) is 0.331. The zero-order valence-electron chi connectivity index (χ0n) is 12.8. The number of methoxy groups -OCH3 is 2. The number of hydrogen-bond donors (Lipinski definition) is 2. The SMILES string of the molecule is COc1cc([C@@H](CC(F)F)N2CCNCC2)cc(OC)c1O. The number of alkyl halides is 2. The number of phenolic OH excluding ortho intramolecular Hbond substituents is 1. The Morgan fingerprint density at radius 3 is 2.18 bits per heavy atom. The maximum Gasteiger partial charge on any atom is 0.240 e. The standard InChI is InChI=1S/C15H22F2N2O3/c1-21-12-7-10(8-13(22-2)15(12)20)11(9-14(16)17)19-5-3-18-4-6-19/h7-8,11,14,18,20H,3-6,9H2,1-2H3/t11-/m1/s1. The minimum absolute atomic E-state index is 0.121. The van der Waals surface area contributed by atoms with Crippen molar-refractivity contribution in [3.63, 3.8) is 0 Å². The average Bonchev–Trinajstić information content (AvgIpc) is 2.53. The Morgan fingerprint density at radius 1 is 1.18 bits per heavy atom. The van der Waals surface area contributed by atoms with Crippen LogP contribution < -0.4 is 14.8 Å². The first-order valence-electron chi connectivity index (χ1n) is 7.24. The van der Waals surface area contributed by atoms with E-state index in [1.54, 1.807) is 12.1 Å². The second-order valence-electron chi connectivity index (χ2n) is 5.20. The van der Waals surface area contributed by atoms with E-state index in [4.69, 9.17) is 9.47 Å². The van der Waals surface area contributed by atoms with Crippen LogP contribution in [0.5, 0.6) is 17.2 Å². The van der Waals surface area contributed by atoms with Crippen molar-refractivity contribution in [2.45, 2.75) is 18.9 Å². The smallest absolute Gasteiger partial charge is 0.240 e. The molecule has 124 valence electrons. The average molecular weight is 316 g/mol. The molecule has 1 atom stereocenters. The van der Waals surface area contributed by atoms with Gasteiger partial charge in [0.2, 0.25) is 12.2 Å². The molecule has 0 amide bonds. The van der Waals surface area contributed by atoms with Gasteiger partial charge in [-0.25, -0.2) is 8.78 Å². The number of ether oxygens (including phenoxy) is 2. The van der Waals surface area contributed by atoms with Crippen molar-refractivity contribution in [1.82, 2.24) is 10.2 Å². The van der Waals surface area contributed by atoms with Gasteiger partial charge in [0.05, 0.1) is 14.2 Å². The van der Waals surface area contributed by atoms with Gasteiger partial charge in [0, 0.05) is 38.6 Å². The maximum atomic E-state index is 13.0. The van der Waals surface area contributed by atoms with Crippen LogP contribution in [0.25, 0.3) is 0 Å². The molecule has 1 aromatic carbocycles. The first kappa shape index (κ1) is 16.8. The second-order valence-corrected chi connectivity index (χ2v) is 5.20. The Labute approximate surface area is 128 Å². The molecule has 0 spiro atoms. The van der Waals surface area contributed by atoms with E-state index in [2.05, 4.69) is 5.32 Å². The number of nitrogens with one attached hydrogen (secondary N) is 1. The number of benzene rings is 1. The first-order chi connectivity index (χ1) is 10.6. The number of piperazine rings is 1. The molecule has 1 aromatic rings. The Morgan fingerprint density at radius 2 is 1.73 bits per heavy atom. The molecular weight excluding hydrogens is 294 g/mol. The van der Waals surface area contributed by atoms with Crippen molar-refractivity contribution in [1.29, 1.82) is 0 Å². The molecule has 0 aliphatic carbocycles. The highest BCUT2D eigenvalue weighted by Crippen LogP contribution is 2.41. The topological polar surface area (TPSA) is 54.0 Å². The lowest BCUT2D eigenvalue weighted by Crippen LogP contribution is -2.45. The van der Waals surface area contributed by atoms with Crippen LogP contribution in [0.4, 0.5) is 8.78 Å². The molecule has 0 aromatic heterocycles. The lowest BCUT2D eigenvalue weighted by molar-refractivity contribution is 0.0737. The molecule has 0 bridgehead atoms. The van der Waals surface area contributed by atoms with Gasteiger partial charge in [-0.05, 0) is 17.7 Å². The molecule has 0 unspecified atom stereocenters. The highest BCUT2D eigenvalue weighted by molar-refractivity contribution is 5.53. The van der Waals surface area contributed by atoms with Crippen LogP contribution in [-0.4, -0.2) is 56.8 Å². The third-order valence-electron chi connectivity index (χ3n) is 3.88. The van der Waals surface area contributed by atoms with E-state index in [0.717, 1.165) is 13.1 Å². The predicted octanol–water partition coefficient (Wildman–Crippen LogP) is 2.01. The Balaban J connectivity index is 2.37. The van der Waals surface area contributed by atoms with E-state index in [-0.39, 0.29) is 23.7 Å². The van der Waals surface area contributed by atoms with E-state index in [1.807, 2.05) is 4.90 Å². The van der Waals surface area contributed by atoms with Crippen LogP contribution in [-0.2, 0) is 0 Å². The van der Waals surface area contributed by atoms with E-state index in [1.165, 1.54) is 14.2 Å². The van der Waals surface area contributed by atoms with Gasteiger partial charge in [0.1, 0.15) is 0 Å². The van der Waals surface area contributed by atoms with Crippen molar-refractivity contribution < 1.29 is 23.4 Å². The molecule has 5 nitrogen and oxygen atoms in total. The zero-order valence-corrected chi connectivity index (χ0v) is 12.8. The first-order valence-corrected chi connectivity index (χ1v) is 7.24. The van der Waals surface area contributed by atoms with Gasteiger partial charge in [0.15, 0.2) is 11.5 Å². The molecular formula is C15H22F2N2O3. The van der Waals surface area contributed by atoms with Crippen LogP contribution in [0, 0.1) is 0 Å². The molecule has 2 rings (SSSR count). The number of hydrogen-bond acceptors (Lipinski definition) is 5. The largest absolute Gasteiger partial charge is 0.502 e. The lowest BCUT2D eigenvalue weighted by Gasteiger charge is -2.35. The molecule has 22 heavy (non-hydrogen) atoms. The molecule has 0 radical (unpaired) electrons. The van der Waals surface area contributed by atoms with Crippen molar-refractivity contribution >= 4 is 0 Å².